The number of halogens is 2. The van der Waals surface area contributed by atoms with Gasteiger partial charge in [-0.2, -0.15) is 0 Å². The van der Waals surface area contributed by atoms with Crippen LogP contribution in [0.1, 0.15) is 38.1 Å². The van der Waals surface area contributed by atoms with Crippen molar-refractivity contribution in [2.75, 3.05) is 6.54 Å². The predicted octanol–water partition coefficient (Wildman–Crippen LogP) is 5.39. The summed E-state index contributed by atoms with van der Waals surface area (Å²) in [6.45, 7) is 7.44. The Morgan fingerprint density at radius 1 is 1.14 bits per heavy atom. The molecule has 0 fully saturated rings. The number of rotatable bonds is 6. The normalized spacial score (nSPS) is 12.9. The lowest BCUT2D eigenvalue weighted by Gasteiger charge is -2.20. The quantitative estimate of drug-likeness (QED) is 0.754. The monoisotopic (exact) mass is 309 g/mol. The van der Waals surface area contributed by atoms with Gasteiger partial charge in [0.1, 0.15) is 11.6 Å². The van der Waals surface area contributed by atoms with Gasteiger partial charge in [-0.3, -0.25) is 0 Å². The van der Waals surface area contributed by atoms with Gasteiger partial charge in [0.05, 0.1) is 0 Å². The van der Waals surface area contributed by atoms with E-state index in [4.69, 9.17) is 0 Å². The zero-order chi connectivity index (χ0) is 15.4. The maximum Gasteiger partial charge on any atom is 0.134 e. The Morgan fingerprint density at radius 2 is 1.90 bits per heavy atom. The van der Waals surface area contributed by atoms with Crippen molar-refractivity contribution in [2.45, 2.75) is 33.2 Å². The van der Waals surface area contributed by atoms with Crippen molar-refractivity contribution < 1.29 is 8.78 Å². The van der Waals surface area contributed by atoms with E-state index in [0.29, 0.717) is 11.5 Å². The summed E-state index contributed by atoms with van der Waals surface area (Å²) in [4.78, 5) is 2.03. The lowest BCUT2D eigenvalue weighted by Crippen LogP contribution is -2.25. The molecule has 114 valence electrons. The highest BCUT2D eigenvalue weighted by Crippen LogP contribution is 2.35. The second-order valence-electron chi connectivity index (χ2n) is 5.50. The SMILES string of the molecule is CCCNC(c1ccc(-c2ccc(F)cc2F)s1)C(C)C. The molecule has 1 atom stereocenters. The van der Waals surface area contributed by atoms with Gasteiger partial charge in [0, 0.05) is 27.4 Å². The van der Waals surface area contributed by atoms with E-state index < -0.39 is 11.6 Å². The Balaban J connectivity index is 2.27. The highest BCUT2D eigenvalue weighted by atomic mass is 32.1. The van der Waals surface area contributed by atoms with E-state index >= 15 is 0 Å². The average molecular weight is 309 g/mol. The molecule has 21 heavy (non-hydrogen) atoms. The van der Waals surface area contributed by atoms with E-state index in [9.17, 15) is 8.78 Å². The van der Waals surface area contributed by atoms with Crippen LogP contribution in [0.2, 0.25) is 0 Å². The molecule has 0 bridgehead atoms. The summed E-state index contributed by atoms with van der Waals surface area (Å²) in [7, 11) is 0. The Labute approximate surface area is 129 Å². The van der Waals surface area contributed by atoms with Gasteiger partial charge in [-0.15, -0.1) is 11.3 Å². The smallest absolute Gasteiger partial charge is 0.134 e. The molecule has 1 aromatic carbocycles. The molecular weight excluding hydrogens is 288 g/mol. The molecule has 0 amide bonds. The number of hydrogen-bond donors (Lipinski definition) is 1. The molecular formula is C17H21F2NS. The molecule has 1 heterocycles. The van der Waals surface area contributed by atoms with Crippen LogP contribution in [-0.2, 0) is 0 Å². The van der Waals surface area contributed by atoms with Crippen molar-refractivity contribution in [2.24, 2.45) is 5.92 Å². The molecule has 0 radical (unpaired) electrons. The topological polar surface area (TPSA) is 12.0 Å². The van der Waals surface area contributed by atoms with E-state index in [1.807, 2.05) is 12.1 Å². The van der Waals surface area contributed by atoms with Crippen LogP contribution >= 0.6 is 11.3 Å². The van der Waals surface area contributed by atoms with Crippen LogP contribution in [0.25, 0.3) is 10.4 Å². The van der Waals surface area contributed by atoms with Crippen LogP contribution in [-0.4, -0.2) is 6.54 Å². The molecule has 2 aromatic rings. The second-order valence-corrected chi connectivity index (χ2v) is 6.62. The Kier molecular flexibility index (Phi) is 5.48. The molecule has 1 unspecified atom stereocenters. The Bertz CT molecular complexity index is 592. The van der Waals surface area contributed by atoms with E-state index in [-0.39, 0.29) is 6.04 Å². The first-order chi connectivity index (χ1) is 10.0. The van der Waals surface area contributed by atoms with Gasteiger partial charge >= 0.3 is 0 Å². The summed E-state index contributed by atoms with van der Waals surface area (Å²) in [5, 5.41) is 3.53. The predicted molar refractivity (Wildman–Crippen MR) is 85.5 cm³/mol. The van der Waals surface area contributed by atoms with Crippen molar-refractivity contribution in [3.05, 3.63) is 46.8 Å². The number of hydrogen-bond acceptors (Lipinski definition) is 2. The third kappa shape index (κ3) is 3.89. The fraction of sp³-hybridized carbons (Fsp3) is 0.412. The van der Waals surface area contributed by atoms with Crippen LogP contribution in [0.3, 0.4) is 0 Å². The van der Waals surface area contributed by atoms with Crippen molar-refractivity contribution in [3.63, 3.8) is 0 Å². The summed E-state index contributed by atoms with van der Waals surface area (Å²) in [6.07, 6.45) is 1.08. The standard InChI is InChI=1S/C17H21F2NS/c1-4-9-20-17(11(2)3)16-8-7-15(21-16)13-6-5-12(18)10-14(13)19/h5-8,10-11,17,20H,4,9H2,1-3H3. The Morgan fingerprint density at radius 3 is 2.52 bits per heavy atom. The minimum atomic E-state index is -0.544. The molecule has 1 aromatic heterocycles. The molecule has 1 N–H and O–H groups in total. The fourth-order valence-corrected chi connectivity index (χ4v) is 3.60. The third-order valence-corrected chi connectivity index (χ3v) is 4.61. The van der Waals surface area contributed by atoms with E-state index in [1.165, 1.54) is 17.0 Å². The first-order valence-corrected chi connectivity index (χ1v) is 8.13. The lowest BCUT2D eigenvalue weighted by atomic mass is 10.0. The summed E-state index contributed by atoms with van der Waals surface area (Å²) in [6, 6.07) is 7.96. The van der Waals surface area contributed by atoms with Gasteiger partial charge < -0.3 is 5.32 Å². The average Bonchev–Trinajstić information content (AvgIpc) is 2.88. The molecule has 4 heteroatoms. The first kappa shape index (κ1) is 16.1. The lowest BCUT2D eigenvalue weighted by molar-refractivity contribution is 0.418. The first-order valence-electron chi connectivity index (χ1n) is 7.31. The molecule has 2 rings (SSSR count). The second kappa shape index (κ2) is 7.14. The molecule has 0 spiro atoms. The maximum atomic E-state index is 13.9. The van der Waals surface area contributed by atoms with Crippen LogP contribution < -0.4 is 5.32 Å². The Hall–Kier alpha value is -1.26. The maximum absolute atomic E-state index is 13.9. The highest BCUT2D eigenvalue weighted by molar-refractivity contribution is 7.15. The van der Waals surface area contributed by atoms with Crippen LogP contribution in [0, 0.1) is 17.6 Å². The summed E-state index contributed by atoms with van der Waals surface area (Å²) in [5.74, 6) is -0.593. The van der Waals surface area contributed by atoms with E-state index in [0.717, 1.165) is 23.9 Å². The minimum absolute atomic E-state index is 0.271. The van der Waals surface area contributed by atoms with Crippen LogP contribution in [0.4, 0.5) is 8.78 Å². The summed E-state index contributed by atoms with van der Waals surface area (Å²) in [5.41, 5.74) is 0.464. The number of benzene rings is 1. The van der Waals surface area contributed by atoms with Gasteiger partial charge in [-0.05, 0) is 43.1 Å². The number of nitrogens with one attached hydrogen (secondary N) is 1. The van der Waals surface area contributed by atoms with Crippen molar-refractivity contribution in [1.82, 2.24) is 5.32 Å². The molecule has 0 aliphatic carbocycles. The van der Waals surface area contributed by atoms with Gasteiger partial charge in [0.15, 0.2) is 0 Å². The molecule has 0 aliphatic rings. The van der Waals surface area contributed by atoms with Gasteiger partial charge in [-0.1, -0.05) is 20.8 Å². The van der Waals surface area contributed by atoms with Crippen LogP contribution in [0.5, 0.6) is 0 Å². The third-order valence-electron chi connectivity index (χ3n) is 3.41. The molecule has 1 nitrogen and oxygen atoms in total. The summed E-state index contributed by atoms with van der Waals surface area (Å²) >= 11 is 1.57. The highest BCUT2D eigenvalue weighted by Gasteiger charge is 2.18. The molecule has 0 saturated heterocycles. The summed E-state index contributed by atoms with van der Waals surface area (Å²) < 4.78 is 26.9. The van der Waals surface area contributed by atoms with Gasteiger partial charge in [0.25, 0.3) is 0 Å². The molecule has 0 aliphatic heterocycles. The minimum Gasteiger partial charge on any atom is -0.309 e. The van der Waals surface area contributed by atoms with Crippen molar-refractivity contribution >= 4 is 11.3 Å². The number of thiophene rings is 1. The zero-order valence-electron chi connectivity index (χ0n) is 12.6. The van der Waals surface area contributed by atoms with Gasteiger partial charge in [-0.25, -0.2) is 8.78 Å². The van der Waals surface area contributed by atoms with Crippen LogP contribution in [0.15, 0.2) is 30.3 Å². The van der Waals surface area contributed by atoms with E-state index in [2.05, 4.69) is 26.1 Å². The van der Waals surface area contributed by atoms with Gasteiger partial charge in [0.2, 0.25) is 0 Å². The molecule has 0 saturated carbocycles. The van der Waals surface area contributed by atoms with Crippen molar-refractivity contribution in [1.29, 1.82) is 0 Å². The fourth-order valence-electron chi connectivity index (χ4n) is 2.32. The van der Waals surface area contributed by atoms with Crippen molar-refractivity contribution in [3.8, 4) is 10.4 Å². The largest absolute Gasteiger partial charge is 0.309 e. The zero-order valence-corrected chi connectivity index (χ0v) is 13.4. The van der Waals surface area contributed by atoms with E-state index in [1.54, 1.807) is 11.3 Å².